The fourth-order valence-electron chi connectivity index (χ4n) is 5.24. The lowest BCUT2D eigenvalue weighted by atomic mass is 10.0. The molecule has 0 radical (unpaired) electrons. The molecule has 1 aromatic rings. The smallest absolute Gasteiger partial charge is 0.228 e. The number of hydrogen-bond acceptors (Lipinski definition) is 5. The van der Waals surface area contributed by atoms with E-state index in [1.165, 1.54) is 0 Å². The number of benzene rings is 1. The summed E-state index contributed by atoms with van der Waals surface area (Å²) in [5.74, 6) is -0.686. The minimum absolute atomic E-state index is 0.0197. The standard InChI is InChI=1S/C23H29N3O5/c1-2-20(27)25-8-5-16-13-18(3-4-19(16)25)26-15-17(14-21(26)28)22(29)24-9-6-23(7-10-24)30-11-12-31-23/h3-4,13,17H,2,5-12,14-15H2,1H3/t17-/m0/s1. The fourth-order valence-corrected chi connectivity index (χ4v) is 5.24. The van der Waals surface area contributed by atoms with Gasteiger partial charge in [0, 0.05) is 63.2 Å². The van der Waals surface area contributed by atoms with Crippen LogP contribution in [-0.2, 0) is 30.3 Å². The van der Waals surface area contributed by atoms with Crippen molar-refractivity contribution < 1.29 is 23.9 Å². The molecule has 1 aromatic carbocycles. The Kier molecular flexibility index (Phi) is 5.22. The van der Waals surface area contributed by atoms with Crippen LogP contribution < -0.4 is 9.80 Å². The number of likely N-dealkylation sites (tertiary alicyclic amines) is 1. The summed E-state index contributed by atoms with van der Waals surface area (Å²) in [5, 5.41) is 0. The van der Waals surface area contributed by atoms with Crippen LogP contribution in [0.3, 0.4) is 0 Å². The Labute approximate surface area is 182 Å². The maximum absolute atomic E-state index is 13.1. The second-order valence-electron chi connectivity index (χ2n) is 8.80. The first kappa shape index (κ1) is 20.5. The first-order valence-corrected chi connectivity index (χ1v) is 11.3. The lowest BCUT2D eigenvalue weighted by molar-refractivity contribution is -0.188. The van der Waals surface area contributed by atoms with Gasteiger partial charge in [-0.1, -0.05) is 6.92 Å². The maximum Gasteiger partial charge on any atom is 0.228 e. The molecule has 4 heterocycles. The van der Waals surface area contributed by atoms with E-state index in [9.17, 15) is 14.4 Å². The molecule has 5 rings (SSSR count). The van der Waals surface area contributed by atoms with Gasteiger partial charge in [0.1, 0.15) is 0 Å². The fraction of sp³-hybridized carbons (Fsp3) is 0.609. The second kappa shape index (κ2) is 7.91. The molecule has 8 heteroatoms. The average Bonchev–Trinajstić information content (AvgIpc) is 3.51. The molecule has 4 aliphatic heterocycles. The molecule has 3 saturated heterocycles. The summed E-state index contributed by atoms with van der Waals surface area (Å²) in [4.78, 5) is 43.4. The highest BCUT2D eigenvalue weighted by atomic mass is 16.7. The maximum atomic E-state index is 13.1. The molecule has 0 aliphatic carbocycles. The molecule has 31 heavy (non-hydrogen) atoms. The summed E-state index contributed by atoms with van der Waals surface area (Å²) in [6, 6.07) is 5.83. The Bertz CT molecular complexity index is 900. The minimum Gasteiger partial charge on any atom is -0.347 e. The Hall–Kier alpha value is -2.45. The molecule has 3 fully saturated rings. The third kappa shape index (κ3) is 3.61. The van der Waals surface area contributed by atoms with E-state index in [0.717, 1.165) is 23.4 Å². The highest BCUT2D eigenvalue weighted by Crippen LogP contribution is 2.36. The number of carbonyl (C=O) groups is 3. The lowest BCUT2D eigenvalue weighted by Crippen LogP contribution is -2.49. The van der Waals surface area contributed by atoms with Crippen molar-refractivity contribution in [2.75, 3.05) is 49.2 Å². The van der Waals surface area contributed by atoms with E-state index in [1.807, 2.05) is 34.9 Å². The largest absolute Gasteiger partial charge is 0.347 e. The number of rotatable bonds is 3. The SMILES string of the molecule is CCC(=O)N1CCc2cc(N3C[C@@H](C(=O)N4CCC5(CC4)OCCO5)CC3=O)ccc21. The van der Waals surface area contributed by atoms with Crippen LogP contribution in [0.1, 0.15) is 38.2 Å². The minimum atomic E-state index is -0.508. The number of fused-ring (bicyclic) bond motifs is 1. The van der Waals surface area contributed by atoms with Gasteiger partial charge in [-0.2, -0.15) is 0 Å². The molecular formula is C23H29N3O5. The zero-order valence-electron chi connectivity index (χ0n) is 18.0. The second-order valence-corrected chi connectivity index (χ2v) is 8.80. The van der Waals surface area contributed by atoms with E-state index in [-0.39, 0.29) is 30.1 Å². The Morgan fingerprint density at radius 1 is 1.13 bits per heavy atom. The molecule has 0 saturated carbocycles. The third-order valence-corrected chi connectivity index (χ3v) is 7.00. The monoisotopic (exact) mass is 427 g/mol. The van der Waals surface area contributed by atoms with Gasteiger partial charge < -0.3 is 24.2 Å². The zero-order valence-corrected chi connectivity index (χ0v) is 18.0. The van der Waals surface area contributed by atoms with Crippen LogP contribution in [0.4, 0.5) is 11.4 Å². The van der Waals surface area contributed by atoms with E-state index < -0.39 is 5.79 Å². The Morgan fingerprint density at radius 3 is 2.58 bits per heavy atom. The Balaban J connectivity index is 1.24. The normalized spacial score (nSPS) is 24.9. The van der Waals surface area contributed by atoms with Crippen molar-refractivity contribution in [1.82, 2.24) is 4.90 Å². The van der Waals surface area contributed by atoms with E-state index >= 15 is 0 Å². The highest BCUT2D eigenvalue weighted by molar-refractivity contribution is 6.01. The van der Waals surface area contributed by atoms with Gasteiger partial charge in [-0.25, -0.2) is 0 Å². The number of carbonyl (C=O) groups excluding carboxylic acids is 3. The molecule has 8 nitrogen and oxygen atoms in total. The highest BCUT2D eigenvalue weighted by Gasteiger charge is 2.43. The van der Waals surface area contributed by atoms with Crippen LogP contribution in [-0.4, -0.2) is 67.8 Å². The summed E-state index contributed by atoms with van der Waals surface area (Å²) in [6.07, 6.45) is 2.87. The van der Waals surface area contributed by atoms with E-state index in [2.05, 4.69) is 0 Å². The molecule has 0 aromatic heterocycles. The summed E-state index contributed by atoms with van der Waals surface area (Å²) in [5.41, 5.74) is 2.84. The molecule has 3 amide bonds. The van der Waals surface area contributed by atoms with Crippen LogP contribution in [0.15, 0.2) is 18.2 Å². The van der Waals surface area contributed by atoms with Crippen molar-refractivity contribution in [1.29, 1.82) is 0 Å². The van der Waals surface area contributed by atoms with Crippen LogP contribution in [0.2, 0.25) is 0 Å². The summed E-state index contributed by atoms with van der Waals surface area (Å²) in [6.45, 7) is 5.39. The van der Waals surface area contributed by atoms with Crippen molar-refractivity contribution in [2.45, 2.75) is 44.8 Å². The quantitative estimate of drug-likeness (QED) is 0.734. The number of anilines is 2. The summed E-state index contributed by atoms with van der Waals surface area (Å²) < 4.78 is 11.5. The van der Waals surface area contributed by atoms with E-state index in [1.54, 1.807) is 4.90 Å². The van der Waals surface area contributed by atoms with Crippen LogP contribution >= 0.6 is 0 Å². The van der Waals surface area contributed by atoms with E-state index in [0.29, 0.717) is 58.7 Å². The van der Waals surface area contributed by atoms with Gasteiger partial charge in [0.05, 0.1) is 19.1 Å². The van der Waals surface area contributed by atoms with Gasteiger partial charge in [-0.3, -0.25) is 14.4 Å². The first-order chi connectivity index (χ1) is 15.0. The van der Waals surface area contributed by atoms with Crippen molar-refractivity contribution in [3.63, 3.8) is 0 Å². The summed E-state index contributed by atoms with van der Waals surface area (Å²) >= 11 is 0. The summed E-state index contributed by atoms with van der Waals surface area (Å²) in [7, 11) is 0. The van der Waals surface area contributed by atoms with Crippen molar-refractivity contribution in [2.24, 2.45) is 5.92 Å². The van der Waals surface area contributed by atoms with Crippen molar-refractivity contribution in [3.8, 4) is 0 Å². The van der Waals surface area contributed by atoms with Crippen molar-refractivity contribution >= 4 is 29.1 Å². The molecular weight excluding hydrogens is 398 g/mol. The van der Waals surface area contributed by atoms with Gasteiger partial charge in [0.25, 0.3) is 0 Å². The molecule has 4 aliphatic rings. The number of hydrogen-bond donors (Lipinski definition) is 0. The molecule has 1 atom stereocenters. The van der Waals surface area contributed by atoms with Gasteiger partial charge in [-0.15, -0.1) is 0 Å². The number of amides is 3. The Morgan fingerprint density at radius 2 is 1.87 bits per heavy atom. The van der Waals surface area contributed by atoms with Crippen LogP contribution in [0, 0.1) is 5.92 Å². The predicted octanol–water partition coefficient (Wildman–Crippen LogP) is 1.70. The number of nitrogens with zero attached hydrogens (tertiary/aromatic N) is 3. The average molecular weight is 428 g/mol. The van der Waals surface area contributed by atoms with E-state index in [4.69, 9.17) is 9.47 Å². The van der Waals surface area contributed by atoms with Gasteiger partial charge in [0.15, 0.2) is 5.79 Å². The first-order valence-electron chi connectivity index (χ1n) is 11.3. The molecule has 0 bridgehead atoms. The number of ether oxygens (including phenoxy) is 2. The van der Waals surface area contributed by atoms with Gasteiger partial charge in [-0.05, 0) is 30.2 Å². The topological polar surface area (TPSA) is 79.4 Å². The van der Waals surface area contributed by atoms with Crippen molar-refractivity contribution in [3.05, 3.63) is 23.8 Å². The van der Waals surface area contributed by atoms with Gasteiger partial charge >= 0.3 is 0 Å². The molecule has 0 unspecified atom stereocenters. The molecule has 166 valence electrons. The van der Waals surface area contributed by atoms with Crippen LogP contribution in [0.25, 0.3) is 0 Å². The van der Waals surface area contributed by atoms with Crippen LogP contribution in [0.5, 0.6) is 0 Å². The third-order valence-electron chi connectivity index (χ3n) is 7.00. The number of piperidine rings is 1. The lowest BCUT2D eigenvalue weighted by Gasteiger charge is -2.38. The molecule has 0 N–H and O–H groups in total. The molecule has 1 spiro atoms. The van der Waals surface area contributed by atoms with Gasteiger partial charge in [0.2, 0.25) is 17.7 Å². The predicted molar refractivity (Wildman–Crippen MR) is 114 cm³/mol. The zero-order chi connectivity index (χ0) is 21.6.